The summed E-state index contributed by atoms with van der Waals surface area (Å²) in [6.07, 6.45) is 1.71. The lowest BCUT2D eigenvalue weighted by molar-refractivity contribution is 0.0773. The first kappa shape index (κ1) is 18.2. The van der Waals surface area contributed by atoms with E-state index in [4.69, 9.17) is 11.6 Å². The zero-order valence-electron chi connectivity index (χ0n) is 14.9. The molecule has 2 aromatic carbocycles. The van der Waals surface area contributed by atoms with Gasteiger partial charge in [-0.1, -0.05) is 54.1 Å². The van der Waals surface area contributed by atoms with Crippen LogP contribution in [0.1, 0.15) is 24.2 Å². The number of hydrogen-bond donors (Lipinski definition) is 0. The van der Waals surface area contributed by atoms with Crippen LogP contribution >= 0.6 is 11.6 Å². The highest BCUT2D eigenvalue weighted by molar-refractivity contribution is 6.30. The van der Waals surface area contributed by atoms with Crippen molar-refractivity contribution in [1.29, 1.82) is 0 Å². The SMILES string of the molecule is CCN(CC)C(=O)c1ccnc(-c2ccccc2)c1-c1ccc(Cl)cc1. The minimum atomic E-state index is 0.0135. The molecule has 1 amide bonds. The number of pyridine rings is 1. The van der Waals surface area contributed by atoms with E-state index in [1.165, 1.54) is 0 Å². The third-order valence-corrected chi connectivity index (χ3v) is 4.66. The Bertz CT molecular complexity index is 888. The lowest BCUT2D eigenvalue weighted by Gasteiger charge is -2.22. The molecule has 26 heavy (non-hydrogen) atoms. The molecule has 0 N–H and O–H groups in total. The van der Waals surface area contributed by atoms with Crippen molar-refractivity contribution < 1.29 is 4.79 Å². The Kier molecular flexibility index (Phi) is 5.69. The van der Waals surface area contributed by atoms with E-state index < -0.39 is 0 Å². The highest BCUT2D eigenvalue weighted by Gasteiger charge is 2.21. The highest BCUT2D eigenvalue weighted by Crippen LogP contribution is 2.34. The molecule has 0 atom stereocenters. The van der Waals surface area contributed by atoms with Gasteiger partial charge < -0.3 is 4.90 Å². The molecule has 0 unspecified atom stereocenters. The van der Waals surface area contributed by atoms with Crippen LogP contribution in [0, 0.1) is 0 Å². The molecule has 0 aliphatic heterocycles. The van der Waals surface area contributed by atoms with Crippen molar-refractivity contribution in [2.24, 2.45) is 0 Å². The largest absolute Gasteiger partial charge is 0.339 e. The fraction of sp³-hybridized carbons (Fsp3) is 0.182. The number of carbonyl (C=O) groups is 1. The molecule has 0 spiro atoms. The second kappa shape index (κ2) is 8.15. The zero-order chi connectivity index (χ0) is 18.5. The molecular weight excluding hydrogens is 344 g/mol. The maximum Gasteiger partial charge on any atom is 0.254 e. The van der Waals surface area contributed by atoms with Gasteiger partial charge in [0.05, 0.1) is 11.3 Å². The number of benzene rings is 2. The Morgan fingerprint density at radius 1 is 0.923 bits per heavy atom. The van der Waals surface area contributed by atoms with Gasteiger partial charge in [0, 0.05) is 35.4 Å². The lowest BCUT2D eigenvalue weighted by Crippen LogP contribution is -2.31. The van der Waals surface area contributed by atoms with Gasteiger partial charge in [0.1, 0.15) is 0 Å². The molecular formula is C22H21ClN2O. The lowest BCUT2D eigenvalue weighted by atomic mass is 9.94. The average Bonchev–Trinajstić information content (AvgIpc) is 2.69. The van der Waals surface area contributed by atoms with Crippen LogP contribution < -0.4 is 0 Å². The topological polar surface area (TPSA) is 33.2 Å². The van der Waals surface area contributed by atoms with Gasteiger partial charge in [-0.3, -0.25) is 9.78 Å². The van der Waals surface area contributed by atoms with Crippen LogP contribution in [0.3, 0.4) is 0 Å². The summed E-state index contributed by atoms with van der Waals surface area (Å²) in [4.78, 5) is 19.5. The third kappa shape index (κ3) is 3.63. The minimum Gasteiger partial charge on any atom is -0.339 e. The smallest absolute Gasteiger partial charge is 0.254 e. The molecule has 1 aromatic heterocycles. The Morgan fingerprint density at radius 2 is 1.58 bits per heavy atom. The van der Waals surface area contributed by atoms with Crippen molar-refractivity contribution in [1.82, 2.24) is 9.88 Å². The van der Waals surface area contributed by atoms with Gasteiger partial charge in [-0.15, -0.1) is 0 Å². The number of halogens is 1. The Morgan fingerprint density at radius 3 is 2.19 bits per heavy atom. The number of amides is 1. The Labute approximate surface area is 159 Å². The van der Waals surface area contributed by atoms with Crippen molar-refractivity contribution in [2.45, 2.75) is 13.8 Å². The van der Waals surface area contributed by atoms with Gasteiger partial charge >= 0.3 is 0 Å². The summed E-state index contributed by atoms with van der Waals surface area (Å²) in [7, 11) is 0. The van der Waals surface area contributed by atoms with Crippen molar-refractivity contribution in [3.05, 3.63) is 77.4 Å². The van der Waals surface area contributed by atoms with Crippen molar-refractivity contribution in [3.63, 3.8) is 0 Å². The first-order valence-electron chi connectivity index (χ1n) is 8.75. The van der Waals surface area contributed by atoms with Gasteiger partial charge in [-0.2, -0.15) is 0 Å². The number of aromatic nitrogens is 1. The first-order chi connectivity index (χ1) is 12.7. The number of carbonyl (C=O) groups excluding carboxylic acids is 1. The quantitative estimate of drug-likeness (QED) is 0.594. The summed E-state index contributed by atoms with van der Waals surface area (Å²) in [6.45, 7) is 5.31. The fourth-order valence-corrected chi connectivity index (χ4v) is 3.17. The molecule has 0 aliphatic rings. The maximum atomic E-state index is 13.1. The summed E-state index contributed by atoms with van der Waals surface area (Å²) in [5.74, 6) is 0.0135. The molecule has 4 heteroatoms. The average molecular weight is 365 g/mol. The van der Waals surface area contributed by atoms with Crippen LogP contribution in [-0.2, 0) is 0 Å². The fourth-order valence-electron chi connectivity index (χ4n) is 3.04. The first-order valence-corrected chi connectivity index (χ1v) is 9.13. The van der Waals surface area contributed by atoms with Gasteiger partial charge in [0.25, 0.3) is 5.91 Å². The molecule has 3 nitrogen and oxygen atoms in total. The standard InChI is InChI=1S/C22H21ClN2O/c1-3-25(4-2)22(26)19-14-15-24-21(17-8-6-5-7-9-17)20(19)16-10-12-18(23)13-11-16/h5-15H,3-4H2,1-2H3. The van der Waals surface area contributed by atoms with E-state index in [0.717, 1.165) is 22.4 Å². The van der Waals surface area contributed by atoms with Crippen LogP contribution in [0.4, 0.5) is 0 Å². The predicted molar refractivity (Wildman–Crippen MR) is 107 cm³/mol. The van der Waals surface area contributed by atoms with Gasteiger partial charge in [0.2, 0.25) is 0 Å². The van der Waals surface area contributed by atoms with Gasteiger partial charge in [0.15, 0.2) is 0 Å². The van der Waals surface area contributed by atoms with E-state index in [9.17, 15) is 4.79 Å². The van der Waals surface area contributed by atoms with Gasteiger partial charge in [-0.05, 0) is 37.6 Å². The molecule has 0 saturated carbocycles. The van der Waals surface area contributed by atoms with E-state index >= 15 is 0 Å². The number of hydrogen-bond acceptors (Lipinski definition) is 2. The summed E-state index contributed by atoms with van der Waals surface area (Å²) in [6, 6.07) is 19.3. The molecule has 3 rings (SSSR count). The molecule has 0 bridgehead atoms. The molecule has 1 heterocycles. The van der Waals surface area contributed by atoms with E-state index in [1.807, 2.05) is 73.3 Å². The predicted octanol–water partition coefficient (Wildman–Crippen LogP) is 5.55. The van der Waals surface area contributed by atoms with E-state index in [0.29, 0.717) is 23.7 Å². The molecule has 0 fully saturated rings. The van der Waals surface area contributed by atoms with Crippen LogP contribution in [-0.4, -0.2) is 28.9 Å². The second-order valence-electron chi connectivity index (χ2n) is 5.93. The van der Waals surface area contributed by atoms with E-state index in [2.05, 4.69) is 4.98 Å². The second-order valence-corrected chi connectivity index (χ2v) is 6.37. The van der Waals surface area contributed by atoms with Crippen LogP contribution in [0.25, 0.3) is 22.4 Å². The summed E-state index contributed by atoms with van der Waals surface area (Å²) in [5, 5.41) is 0.663. The Hall–Kier alpha value is -2.65. The minimum absolute atomic E-state index is 0.0135. The van der Waals surface area contributed by atoms with Crippen molar-refractivity contribution >= 4 is 17.5 Å². The molecule has 3 aromatic rings. The van der Waals surface area contributed by atoms with Crippen LogP contribution in [0.15, 0.2) is 66.9 Å². The molecule has 0 saturated heterocycles. The van der Waals surface area contributed by atoms with Crippen LogP contribution in [0.2, 0.25) is 5.02 Å². The number of nitrogens with zero attached hydrogens (tertiary/aromatic N) is 2. The third-order valence-electron chi connectivity index (χ3n) is 4.41. The van der Waals surface area contributed by atoms with E-state index in [1.54, 1.807) is 12.3 Å². The summed E-state index contributed by atoms with van der Waals surface area (Å²) >= 11 is 6.06. The summed E-state index contributed by atoms with van der Waals surface area (Å²) in [5.41, 5.74) is 4.20. The Balaban J connectivity index is 2.25. The van der Waals surface area contributed by atoms with Gasteiger partial charge in [-0.25, -0.2) is 0 Å². The van der Waals surface area contributed by atoms with Crippen LogP contribution in [0.5, 0.6) is 0 Å². The summed E-state index contributed by atoms with van der Waals surface area (Å²) < 4.78 is 0. The zero-order valence-corrected chi connectivity index (χ0v) is 15.7. The van der Waals surface area contributed by atoms with Crippen molar-refractivity contribution in [2.75, 3.05) is 13.1 Å². The monoisotopic (exact) mass is 364 g/mol. The normalized spacial score (nSPS) is 10.6. The maximum absolute atomic E-state index is 13.1. The molecule has 0 aliphatic carbocycles. The molecule has 132 valence electrons. The number of rotatable bonds is 5. The van der Waals surface area contributed by atoms with Crippen molar-refractivity contribution in [3.8, 4) is 22.4 Å². The highest BCUT2D eigenvalue weighted by atomic mass is 35.5. The van der Waals surface area contributed by atoms with E-state index in [-0.39, 0.29) is 5.91 Å². The molecule has 0 radical (unpaired) electrons.